The zero-order chi connectivity index (χ0) is 12.3. The zero-order valence-corrected chi connectivity index (χ0v) is 10.8. The summed E-state index contributed by atoms with van der Waals surface area (Å²) in [5.41, 5.74) is 1.06. The molecule has 0 aliphatic carbocycles. The molecule has 2 rings (SSSR count). The van der Waals surface area contributed by atoms with Crippen molar-refractivity contribution in [1.82, 2.24) is 5.32 Å². The average molecular weight is 255 g/mol. The molecule has 94 valence electrons. The SMILES string of the molecule is CC(CO)CNC1CCSc2c(F)cccc21. The molecule has 2 nitrogen and oxygen atoms in total. The number of benzene rings is 1. The Bertz CT molecular complexity index is 386. The summed E-state index contributed by atoms with van der Waals surface area (Å²) in [5.74, 6) is 1.06. The first kappa shape index (κ1) is 12.9. The van der Waals surface area contributed by atoms with E-state index < -0.39 is 0 Å². The predicted octanol–water partition coefficient (Wildman–Crippen LogP) is 2.58. The molecule has 2 N–H and O–H groups in total. The Labute approximate surface area is 106 Å². The highest BCUT2D eigenvalue weighted by molar-refractivity contribution is 7.99. The Morgan fingerprint density at radius 2 is 2.41 bits per heavy atom. The molecule has 0 amide bonds. The second-order valence-corrected chi connectivity index (χ2v) is 5.65. The van der Waals surface area contributed by atoms with Gasteiger partial charge in [0.25, 0.3) is 0 Å². The van der Waals surface area contributed by atoms with E-state index in [0.29, 0.717) is 0 Å². The first-order valence-electron chi connectivity index (χ1n) is 5.98. The van der Waals surface area contributed by atoms with E-state index in [0.717, 1.165) is 29.2 Å². The van der Waals surface area contributed by atoms with Crippen molar-refractivity contribution in [2.45, 2.75) is 24.3 Å². The van der Waals surface area contributed by atoms with Gasteiger partial charge in [0.1, 0.15) is 5.82 Å². The van der Waals surface area contributed by atoms with Crippen LogP contribution in [-0.2, 0) is 0 Å². The molecule has 0 saturated heterocycles. The smallest absolute Gasteiger partial charge is 0.137 e. The van der Waals surface area contributed by atoms with E-state index >= 15 is 0 Å². The molecule has 0 aromatic heterocycles. The number of aliphatic hydroxyl groups is 1. The van der Waals surface area contributed by atoms with E-state index in [1.54, 1.807) is 17.8 Å². The lowest BCUT2D eigenvalue weighted by Gasteiger charge is -2.27. The van der Waals surface area contributed by atoms with Crippen LogP contribution in [0.5, 0.6) is 0 Å². The van der Waals surface area contributed by atoms with Gasteiger partial charge in [0.2, 0.25) is 0 Å². The largest absolute Gasteiger partial charge is 0.396 e. The number of hydrogen-bond acceptors (Lipinski definition) is 3. The summed E-state index contributed by atoms with van der Waals surface area (Å²) in [6.07, 6.45) is 1.01. The molecule has 0 fully saturated rings. The Hall–Kier alpha value is -0.580. The first-order chi connectivity index (χ1) is 8.22. The molecular formula is C13H18FNOS. The monoisotopic (exact) mass is 255 g/mol. The standard InChI is InChI=1S/C13H18FNOS/c1-9(8-16)7-15-12-5-6-17-13-10(12)3-2-4-11(13)14/h2-4,9,12,15-16H,5-8H2,1H3. The van der Waals surface area contributed by atoms with Crippen LogP contribution < -0.4 is 5.32 Å². The maximum Gasteiger partial charge on any atom is 0.137 e. The second kappa shape index (κ2) is 5.85. The number of aliphatic hydroxyl groups excluding tert-OH is 1. The maximum atomic E-state index is 13.6. The fraction of sp³-hybridized carbons (Fsp3) is 0.538. The van der Waals surface area contributed by atoms with Gasteiger partial charge in [-0.25, -0.2) is 4.39 Å². The molecule has 0 radical (unpaired) electrons. The second-order valence-electron chi connectivity index (χ2n) is 4.54. The van der Waals surface area contributed by atoms with Crippen LogP contribution in [0.15, 0.2) is 23.1 Å². The molecule has 2 unspecified atom stereocenters. The van der Waals surface area contributed by atoms with Gasteiger partial charge in [0.05, 0.1) is 0 Å². The fourth-order valence-corrected chi connectivity index (χ4v) is 3.15. The third-order valence-electron chi connectivity index (χ3n) is 3.05. The lowest BCUT2D eigenvalue weighted by atomic mass is 10.0. The van der Waals surface area contributed by atoms with Crippen LogP contribution in [0.1, 0.15) is 24.9 Å². The van der Waals surface area contributed by atoms with E-state index in [9.17, 15) is 4.39 Å². The molecule has 0 bridgehead atoms. The lowest BCUT2D eigenvalue weighted by Crippen LogP contribution is -2.30. The lowest BCUT2D eigenvalue weighted by molar-refractivity contribution is 0.229. The molecule has 0 spiro atoms. The molecular weight excluding hydrogens is 237 g/mol. The molecule has 2 atom stereocenters. The molecule has 17 heavy (non-hydrogen) atoms. The molecule has 0 saturated carbocycles. The summed E-state index contributed by atoms with van der Waals surface area (Å²) in [6.45, 7) is 2.95. The van der Waals surface area contributed by atoms with Crippen molar-refractivity contribution in [3.05, 3.63) is 29.6 Å². The van der Waals surface area contributed by atoms with Crippen LogP contribution >= 0.6 is 11.8 Å². The van der Waals surface area contributed by atoms with Gasteiger partial charge in [-0.2, -0.15) is 0 Å². The van der Waals surface area contributed by atoms with Crippen LogP contribution in [-0.4, -0.2) is 24.0 Å². The molecule has 1 aliphatic heterocycles. The summed E-state index contributed by atoms with van der Waals surface area (Å²) in [5, 5.41) is 12.4. The van der Waals surface area contributed by atoms with E-state index in [1.807, 2.05) is 13.0 Å². The number of rotatable bonds is 4. The van der Waals surface area contributed by atoms with E-state index in [2.05, 4.69) is 5.32 Å². The van der Waals surface area contributed by atoms with Crippen LogP contribution in [0.25, 0.3) is 0 Å². The van der Waals surface area contributed by atoms with E-state index in [4.69, 9.17) is 5.11 Å². The number of hydrogen-bond donors (Lipinski definition) is 2. The molecule has 1 heterocycles. The van der Waals surface area contributed by atoms with Gasteiger partial charge < -0.3 is 10.4 Å². The third-order valence-corrected chi connectivity index (χ3v) is 4.21. The predicted molar refractivity (Wildman–Crippen MR) is 68.7 cm³/mol. The summed E-state index contributed by atoms with van der Waals surface area (Å²) >= 11 is 1.59. The van der Waals surface area contributed by atoms with Crippen molar-refractivity contribution in [3.8, 4) is 0 Å². The average Bonchev–Trinajstić information content (AvgIpc) is 2.36. The van der Waals surface area contributed by atoms with Gasteiger partial charge in [-0.05, 0) is 29.7 Å². The molecule has 4 heteroatoms. The highest BCUT2D eigenvalue weighted by Crippen LogP contribution is 2.37. The summed E-state index contributed by atoms with van der Waals surface area (Å²) in [4.78, 5) is 0.785. The van der Waals surface area contributed by atoms with E-state index in [1.165, 1.54) is 6.07 Å². The minimum Gasteiger partial charge on any atom is -0.396 e. The maximum absolute atomic E-state index is 13.6. The van der Waals surface area contributed by atoms with Gasteiger partial charge in [0, 0.05) is 24.1 Å². The van der Waals surface area contributed by atoms with Gasteiger partial charge >= 0.3 is 0 Å². The quantitative estimate of drug-likeness (QED) is 0.867. The van der Waals surface area contributed by atoms with Crippen molar-refractivity contribution in [2.24, 2.45) is 5.92 Å². The number of fused-ring (bicyclic) bond motifs is 1. The Morgan fingerprint density at radius 1 is 1.59 bits per heavy atom. The minimum absolute atomic E-state index is 0.116. The zero-order valence-electron chi connectivity index (χ0n) is 9.95. The van der Waals surface area contributed by atoms with Crippen molar-refractivity contribution < 1.29 is 9.50 Å². The Kier molecular flexibility index (Phi) is 4.42. The van der Waals surface area contributed by atoms with Crippen molar-refractivity contribution >= 4 is 11.8 Å². The molecule has 1 aromatic carbocycles. The van der Waals surface area contributed by atoms with Crippen molar-refractivity contribution in [3.63, 3.8) is 0 Å². The fourth-order valence-electron chi connectivity index (χ4n) is 2.01. The Morgan fingerprint density at radius 3 is 3.18 bits per heavy atom. The summed E-state index contributed by atoms with van der Waals surface area (Å²) in [6, 6.07) is 5.50. The minimum atomic E-state index is -0.116. The van der Waals surface area contributed by atoms with Crippen LogP contribution in [0.2, 0.25) is 0 Å². The van der Waals surface area contributed by atoms with Crippen LogP contribution in [0.3, 0.4) is 0 Å². The highest BCUT2D eigenvalue weighted by Gasteiger charge is 2.22. The normalized spacial score (nSPS) is 21.0. The van der Waals surface area contributed by atoms with Gasteiger partial charge in [-0.15, -0.1) is 11.8 Å². The summed E-state index contributed by atoms with van der Waals surface area (Å²) in [7, 11) is 0. The first-order valence-corrected chi connectivity index (χ1v) is 6.96. The van der Waals surface area contributed by atoms with E-state index in [-0.39, 0.29) is 24.4 Å². The van der Waals surface area contributed by atoms with Gasteiger partial charge in [0.15, 0.2) is 0 Å². The van der Waals surface area contributed by atoms with Gasteiger partial charge in [-0.1, -0.05) is 19.1 Å². The molecule has 1 aromatic rings. The van der Waals surface area contributed by atoms with Gasteiger partial charge in [-0.3, -0.25) is 0 Å². The highest BCUT2D eigenvalue weighted by atomic mass is 32.2. The third kappa shape index (κ3) is 3.00. The summed E-state index contributed by atoms with van der Waals surface area (Å²) < 4.78 is 13.6. The van der Waals surface area contributed by atoms with Crippen LogP contribution in [0, 0.1) is 11.7 Å². The molecule has 1 aliphatic rings. The van der Waals surface area contributed by atoms with Crippen molar-refractivity contribution in [2.75, 3.05) is 18.9 Å². The number of halogens is 1. The Balaban J connectivity index is 2.09. The van der Waals surface area contributed by atoms with Crippen molar-refractivity contribution in [1.29, 1.82) is 0 Å². The van der Waals surface area contributed by atoms with Crippen LogP contribution in [0.4, 0.5) is 4.39 Å². The number of nitrogens with one attached hydrogen (secondary N) is 1. The number of thioether (sulfide) groups is 1. The topological polar surface area (TPSA) is 32.3 Å².